The average molecular weight is 402 g/mol. The van der Waals surface area contributed by atoms with E-state index in [0.29, 0.717) is 12.2 Å². The van der Waals surface area contributed by atoms with E-state index in [1.165, 1.54) is 26.4 Å². The third kappa shape index (κ3) is 11.8. The van der Waals surface area contributed by atoms with Crippen molar-refractivity contribution in [2.24, 2.45) is 5.73 Å². The van der Waals surface area contributed by atoms with Gasteiger partial charge >= 0.3 is 5.97 Å². The molecule has 0 spiro atoms. The van der Waals surface area contributed by atoms with Gasteiger partial charge in [-0.3, -0.25) is 4.79 Å². The number of hydrogen-bond donors (Lipinski definition) is 3. The molecule has 0 unspecified atom stereocenters. The first kappa shape index (κ1) is 27.0. The lowest BCUT2D eigenvalue weighted by Crippen LogP contribution is -2.60. The third-order valence-electron chi connectivity index (χ3n) is 5.41. The average Bonchev–Trinajstić information content (AvgIpc) is 2.70. The van der Waals surface area contributed by atoms with E-state index in [4.69, 9.17) is 5.73 Å². The molecule has 0 rings (SSSR count). The molecule has 0 heterocycles. The first-order valence-corrected chi connectivity index (χ1v) is 11.1. The van der Waals surface area contributed by atoms with E-state index in [1.807, 2.05) is 0 Å². The van der Waals surface area contributed by atoms with Crippen LogP contribution in [0.15, 0.2) is 0 Å². The number of ether oxygens (including phenoxy) is 1. The molecule has 0 aromatic rings. The molecule has 0 aromatic heterocycles. The first-order valence-electron chi connectivity index (χ1n) is 11.1. The lowest BCUT2D eigenvalue weighted by atomic mass is 9.90. The lowest BCUT2D eigenvalue weighted by molar-refractivity contribution is -0.154. The zero-order valence-electron chi connectivity index (χ0n) is 18.1. The zero-order valence-corrected chi connectivity index (χ0v) is 18.1. The van der Waals surface area contributed by atoms with Gasteiger partial charge in [-0.15, -0.1) is 0 Å². The zero-order chi connectivity index (χ0) is 21.3. The molecule has 0 amide bonds. The molecule has 28 heavy (non-hydrogen) atoms. The highest BCUT2D eigenvalue weighted by Crippen LogP contribution is 2.17. The van der Waals surface area contributed by atoms with E-state index in [0.717, 1.165) is 70.6 Å². The quantitative estimate of drug-likeness (QED) is 0.225. The van der Waals surface area contributed by atoms with Gasteiger partial charge in [0, 0.05) is 12.8 Å². The maximum Gasteiger partial charge on any atom is 0.330 e. The van der Waals surface area contributed by atoms with Crippen molar-refractivity contribution in [2.45, 2.75) is 115 Å². The van der Waals surface area contributed by atoms with Crippen molar-refractivity contribution in [2.75, 3.05) is 13.7 Å². The van der Waals surface area contributed by atoms with Crippen LogP contribution in [0.1, 0.15) is 103 Å². The number of methoxy groups -OCH3 is 1. The number of unbranched alkanes of at least 4 members (excludes halogenated alkanes) is 10. The molecule has 6 heteroatoms. The molecule has 0 radical (unpaired) electrons. The fraction of sp³-hybridized carbons (Fsp3) is 0.909. The van der Waals surface area contributed by atoms with Gasteiger partial charge in [0.05, 0.1) is 19.8 Å². The summed E-state index contributed by atoms with van der Waals surface area (Å²) in [5, 5.41) is 19.4. The summed E-state index contributed by atoms with van der Waals surface area (Å²) in [6.45, 7) is 1.54. The van der Waals surface area contributed by atoms with Gasteiger partial charge in [-0.1, -0.05) is 71.1 Å². The maximum absolute atomic E-state index is 11.7. The summed E-state index contributed by atoms with van der Waals surface area (Å²) in [5.74, 6) is -0.373. The molecule has 0 aromatic carbocycles. The molecular weight excluding hydrogens is 358 g/mol. The van der Waals surface area contributed by atoms with Gasteiger partial charge in [0.15, 0.2) is 5.54 Å². The van der Waals surface area contributed by atoms with Crippen molar-refractivity contribution in [3.8, 4) is 0 Å². The largest absolute Gasteiger partial charge is 0.468 e. The number of esters is 1. The number of carbonyl (C=O) groups excluding carboxylic acids is 2. The van der Waals surface area contributed by atoms with Crippen molar-refractivity contribution in [3.63, 3.8) is 0 Å². The number of carbonyl (C=O) groups is 2. The third-order valence-corrected chi connectivity index (χ3v) is 5.41. The van der Waals surface area contributed by atoms with Gasteiger partial charge in [0.25, 0.3) is 0 Å². The van der Waals surface area contributed by atoms with E-state index in [9.17, 15) is 19.8 Å². The Morgan fingerprint density at radius 1 is 0.893 bits per heavy atom. The number of nitrogens with two attached hydrogens (primary N) is 1. The minimum atomic E-state index is -1.73. The Balaban J connectivity index is 3.57. The molecule has 2 atom stereocenters. The number of aliphatic hydroxyl groups is 2. The Labute approximate surface area is 171 Å². The number of rotatable bonds is 19. The standard InChI is InChI=1S/C22H43NO5/c1-3-4-5-12-15-19(25)16-13-10-8-6-7-9-11-14-17-20(26)22(23,18-24)21(27)28-2/h20,24,26H,3-18,23H2,1-2H3/t20-,22+/m1/s1. The predicted octanol–water partition coefficient (Wildman–Crippen LogP) is 3.65. The van der Waals surface area contributed by atoms with Crippen LogP contribution in [0.2, 0.25) is 0 Å². The number of Topliss-reactive ketones (excluding diaryl/α,β-unsaturated/α-hetero) is 1. The van der Waals surface area contributed by atoms with Crippen molar-refractivity contribution in [1.82, 2.24) is 0 Å². The first-order chi connectivity index (χ1) is 13.4. The van der Waals surface area contributed by atoms with Gasteiger partial charge in [0.1, 0.15) is 5.78 Å². The normalized spacial score (nSPS) is 14.5. The fourth-order valence-corrected chi connectivity index (χ4v) is 3.35. The van der Waals surface area contributed by atoms with E-state index >= 15 is 0 Å². The highest BCUT2D eigenvalue weighted by atomic mass is 16.5. The summed E-state index contributed by atoms with van der Waals surface area (Å²) in [4.78, 5) is 23.3. The molecule has 4 N–H and O–H groups in total. The van der Waals surface area contributed by atoms with Gasteiger partial charge in [-0.25, -0.2) is 4.79 Å². The minimum absolute atomic E-state index is 0.368. The molecule has 0 fully saturated rings. The Hall–Kier alpha value is -0.980. The van der Waals surface area contributed by atoms with Crippen molar-refractivity contribution >= 4 is 11.8 Å². The van der Waals surface area contributed by atoms with Gasteiger partial charge in [0.2, 0.25) is 0 Å². The summed E-state index contributed by atoms with van der Waals surface area (Å²) in [6, 6.07) is 0. The predicted molar refractivity (Wildman–Crippen MR) is 112 cm³/mol. The highest BCUT2D eigenvalue weighted by molar-refractivity contribution is 5.81. The van der Waals surface area contributed by atoms with Crippen molar-refractivity contribution in [1.29, 1.82) is 0 Å². The second kappa shape index (κ2) is 16.9. The smallest absolute Gasteiger partial charge is 0.330 e. The Morgan fingerprint density at radius 3 is 1.82 bits per heavy atom. The van der Waals surface area contributed by atoms with Crippen LogP contribution in [0.3, 0.4) is 0 Å². The Bertz CT molecular complexity index is 416. The molecule has 0 saturated carbocycles. The van der Waals surface area contributed by atoms with Crippen LogP contribution in [0.25, 0.3) is 0 Å². The number of aliphatic hydroxyl groups excluding tert-OH is 2. The van der Waals surface area contributed by atoms with Crippen molar-refractivity contribution < 1.29 is 24.5 Å². The van der Waals surface area contributed by atoms with Crippen LogP contribution in [-0.2, 0) is 14.3 Å². The van der Waals surface area contributed by atoms with Crippen LogP contribution in [0.5, 0.6) is 0 Å². The second-order valence-corrected chi connectivity index (χ2v) is 7.92. The summed E-state index contributed by atoms with van der Waals surface area (Å²) < 4.78 is 4.56. The molecule has 0 aliphatic rings. The van der Waals surface area contributed by atoms with E-state index in [-0.39, 0.29) is 0 Å². The fourth-order valence-electron chi connectivity index (χ4n) is 3.35. The molecule has 166 valence electrons. The number of ketones is 1. The van der Waals surface area contributed by atoms with E-state index in [2.05, 4.69) is 11.7 Å². The van der Waals surface area contributed by atoms with Crippen LogP contribution < -0.4 is 5.73 Å². The number of hydrogen-bond acceptors (Lipinski definition) is 6. The molecule has 0 saturated heterocycles. The second-order valence-electron chi connectivity index (χ2n) is 7.92. The van der Waals surface area contributed by atoms with E-state index < -0.39 is 24.2 Å². The summed E-state index contributed by atoms with van der Waals surface area (Å²) in [7, 11) is 1.19. The molecule has 0 aliphatic heterocycles. The summed E-state index contributed by atoms with van der Waals surface area (Å²) >= 11 is 0. The van der Waals surface area contributed by atoms with E-state index in [1.54, 1.807) is 0 Å². The molecular formula is C22H43NO5. The van der Waals surface area contributed by atoms with Gasteiger partial charge < -0.3 is 20.7 Å². The maximum atomic E-state index is 11.7. The Kier molecular flexibility index (Phi) is 16.3. The Morgan fingerprint density at radius 2 is 1.36 bits per heavy atom. The lowest BCUT2D eigenvalue weighted by Gasteiger charge is -2.29. The summed E-state index contributed by atoms with van der Waals surface area (Å²) in [6.07, 6.45) is 13.7. The SMILES string of the molecule is CCCCCCC(=O)CCCCCCCCCC[C@@H](O)[C@@](N)(CO)C(=O)OC. The van der Waals surface area contributed by atoms with Crippen LogP contribution in [0.4, 0.5) is 0 Å². The highest BCUT2D eigenvalue weighted by Gasteiger charge is 2.41. The molecule has 0 aliphatic carbocycles. The minimum Gasteiger partial charge on any atom is -0.468 e. The van der Waals surface area contributed by atoms with Gasteiger partial charge in [-0.05, 0) is 19.3 Å². The van der Waals surface area contributed by atoms with Crippen molar-refractivity contribution in [3.05, 3.63) is 0 Å². The van der Waals surface area contributed by atoms with Crippen LogP contribution >= 0.6 is 0 Å². The topological polar surface area (TPSA) is 110 Å². The molecule has 6 nitrogen and oxygen atoms in total. The monoisotopic (exact) mass is 401 g/mol. The van der Waals surface area contributed by atoms with Gasteiger partial charge in [-0.2, -0.15) is 0 Å². The van der Waals surface area contributed by atoms with Crippen LogP contribution in [0, 0.1) is 0 Å². The van der Waals surface area contributed by atoms with Crippen LogP contribution in [-0.4, -0.2) is 47.3 Å². The molecule has 0 bridgehead atoms. The summed E-state index contributed by atoms with van der Waals surface area (Å²) in [5.41, 5.74) is 4.03.